The Hall–Kier alpha value is -3.41. The lowest BCUT2D eigenvalue weighted by Gasteiger charge is -2.25. The molecule has 0 saturated carbocycles. The van der Waals surface area contributed by atoms with E-state index in [4.69, 9.17) is 5.10 Å². The number of hydrogen-bond donors (Lipinski definition) is 1. The largest absolute Gasteiger partial charge is 0.350 e. The molecule has 162 valence electrons. The van der Waals surface area contributed by atoms with Crippen LogP contribution in [0.4, 0.5) is 0 Å². The summed E-state index contributed by atoms with van der Waals surface area (Å²) in [4.78, 5) is 27.5. The van der Waals surface area contributed by atoms with E-state index in [9.17, 15) is 9.59 Å². The first-order chi connectivity index (χ1) is 14.7. The van der Waals surface area contributed by atoms with Crippen LogP contribution in [0.1, 0.15) is 43.6 Å². The second-order valence-electron chi connectivity index (χ2n) is 8.66. The number of carbonyl (C=O) groups is 2. The second-order valence-corrected chi connectivity index (χ2v) is 8.66. The van der Waals surface area contributed by atoms with Gasteiger partial charge in [-0.3, -0.25) is 9.59 Å². The molecule has 0 atom stereocenters. The van der Waals surface area contributed by atoms with Gasteiger partial charge in [0.05, 0.1) is 17.8 Å². The number of benzene rings is 2. The molecular formula is C25H30N4O2. The van der Waals surface area contributed by atoms with Crippen molar-refractivity contribution in [2.24, 2.45) is 0 Å². The lowest BCUT2D eigenvalue weighted by molar-refractivity contribution is -0.123. The van der Waals surface area contributed by atoms with Crippen LogP contribution in [0.25, 0.3) is 16.9 Å². The number of rotatable bonds is 6. The number of aryl methyl sites for hydroxylation is 1. The Bertz CT molecular complexity index is 1050. The van der Waals surface area contributed by atoms with Gasteiger partial charge in [-0.25, -0.2) is 4.68 Å². The number of carbonyl (C=O) groups excluding carboxylic acids is 2. The molecule has 0 unspecified atom stereocenters. The molecule has 6 nitrogen and oxygen atoms in total. The fraction of sp³-hybridized carbons (Fsp3) is 0.320. The molecule has 31 heavy (non-hydrogen) atoms. The highest BCUT2D eigenvalue weighted by Gasteiger charge is 2.25. The highest BCUT2D eigenvalue weighted by Crippen LogP contribution is 2.25. The first-order valence-electron chi connectivity index (χ1n) is 10.5. The van der Waals surface area contributed by atoms with Crippen molar-refractivity contribution in [1.29, 1.82) is 0 Å². The van der Waals surface area contributed by atoms with Gasteiger partial charge in [-0.1, -0.05) is 48.0 Å². The molecule has 0 spiro atoms. The predicted molar refractivity (Wildman–Crippen MR) is 123 cm³/mol. The molecule has 0 saturated heterocycles. The van der Waals surface area contributed by atoms with Crippen LogP contribution < -0.4 is 5.32 Å². The van der Waals surface area contributed by atoms with E-state index in [0.29, 0.717) is 17.8 Å². The third kappa shape index (κ3) is 5.60. The quantitative estimate of drug-likeness (QED) is 0.652. The van der Waals surface area contributed by atoms with E-state index >= 15 is 0 Å². The molecule has 6 heteroatoms. The maximum atomic E-state index is 13.5. The maximum absolute atomic E-state index is 13.5. The summed E-state index contributed by atoms with van der Waals surface area (Å²) >= 11 is 0. The van der Waals surface area contributed by atoms with Gasteiger partial charge in [0, 0.05) is 23.8 Å². The van der Waals surface area contributed by atoms with Crippen LogP contribution in [0.5, 0.6) is 0 Å². The van der Waals surface area contributed by atoms with Gasteiger partial charge in [0.15, 0.2) is 0 Å². The monoisotopic (exact) mass is 418 g/mol. The van der Waals surface area contributed by atoms with Crippen LogP contribution in [0.15, 0.2) is 60.8 Å². The molecule has 0 aliphatic carbocycles. The molecule has 1 aromatic heterocycles. The van der Waals surface area contributed by atoms with Crippen LogP contribution in [-0.4, -0.2) is 45.1 Å². The first-order valence-corrected chi connectivity index (χ1v) is 10.5. The van der Waals surface area contributed by atoms with E-state index in [1.54, 1.807) is 15.8 Å². The predicted octanol–water partition coefficient (Wildman–Crippen LogP) is 4.22. The SMILES string of the molecule is CCN(CC(=O)NC(C)(C)C)C(=O)c1cn(-c2ccccc2)nc1-c1ccc(C)cc1. The molecule has 2 amide bonds. The number of nitrogens with zero attached hydrogens (tertiary/aromatic N) is 3. The molecule has 0 bridgehead atoms. The Morgan fingerprint density at radius 2 is 1.68 bits per heavy atom. The van der Waals surface area contributed by atoms with Crippen molar-refractivity contribution in [2.75, 3.05) is 13.1 Å². The summed E-state index contributed by atoms with van der Waals surface area (Å²) in [7, 11) is 0. The average Bonchev–Trinajstić information content (AvgIpc) is 3.17. The summed E-state index contributed by atoms with van der Waals surface area (Å²) in [6, 6.07) is 17.6. The molecular weight excluding hydrogens is 388 g/mol. The van der Waals surface area contributed by atoms with Crippen LogP contribution in [0, 0.1) is 6.92 Å². The minimum absolute atomic E-state index is 0.00351. The summed E-state index contributed by atoms with van der Waals surface area (Å²) in [6.45, 7) is 10.1. The van der Waals surface area contributed by atoms with Crippen molar-refractivity contribution in [1.82, 2.24) is 20.0 Å². The topological polar surface area (TPSA) is 67.2 Å². The fourth-order valence-corrected chi connectivity index (χ4v) is 3.30. The summed E-state index contributed by atoms with van der Waals surface area (Å²) < 4.78 is 1.71. The minimum Gasteiger partial charge on any atom is -0.350 e. The minimum atomic E-state index is -0.356. The van der Waals surface area contributed by atoms with Gasteiger partial charge in [0.2, 0.25) is 5.91 Å². The number of para-hydroxylation sites is 1. The maximum Gasteiger partial charge on any atom is 0.258 e. The van der Waals surface area contributed by atoms with Gasteiger partial charge in [0.25, 0.3) is 5.91 Å². The first kappa shape index (κ1) is 22.3. The molecule has 3 rings (SSSR count). The van der Waals surface area contributed by atoms with E-state index in [1.807, 2.05) is 89.2 Å². The lowest BCUT2D eigenvalue weighted by Crippen LogP contribution is -2.47. The number of amides is 2. The molecule has 1 heterocycles. The van der Waals surface area contributed by atoms with E-state index in [1.165, 1.54) is 0 Å². The van der Waals surface area contributed by atoms with Crippen molar-refractivity contribution in [3.63, 3.8) is 0 Å². The van der Waals surface area contributed by atoms with Crippen LogP contribution in [0.3, 0.4) is 0 Å². The van der Waals surface area contributed by atoms with Gasteiger partial charge in [-0.15, -0.1) is 0 Å². The molecule has 0 fully saturated rings. The molecule has 0 aliphatic heterocycles. The Labute approximate surface area is 183 Å². The number of hydrogen-bond acceptors (Lipinski definition) is 3. The van der Waals surface area contributed by atoms with E-state index in [0.717, 1.165) is 16.8 Å². The fourth-order valence-electron chi connectivity index (χ4n) is 3.30. The Kier molecular flexibility index (Phi) is 6.59. The third-order valence-electron chi connectivity index (χ3n) is 4.81. The Morgan fingerprint density at radius 3 is 2.26 bits per heavy atom. The lowest BCUT2D eigenvalue weighted by atomic mass is 10.1. The highest BCUT2D eigenvalue weighted by molar-refractivity contribution is 6.01. The number of aromatic nitrogens is 2. The van der Waals surface area contributed by atoms with Gasteiger partial charge in [0.1, 0.15) is 5.69 Å². The van der Waals surface area contributed by atoms with E-state index in [2.05, 4.69) is 5.32 Å². The zero-order valence-corrected chi connectivity index (χ0v) is 18.8. The zero-order chi connectivity index (χ0) is 22.6. The highest BCUT2D eigenvalue weighted by atomic mass is 16.2. The third-order valence-corrected chi connectivity index (χ3v) is 4.81. The number of likely N-dealkylation sites (N-methyl/N-ethyl adjacent to an activating group) is 1. The normalized spacial score (nSPS) is 11.3. The second kappa shape index (κ2) is 9.16. The van der Waals surface area contributed by atoms with E-state index < -0.39 is 0 Å². The summed E-state index contributed by atoms with van der Waals surface area (Å²) in [5, 5.41) is 7.65. The van der Waals surface area contributed by atoms with Gasteiger partial charge >= 0.3 is 0 Å². The van der Waals surface area contributed by atoms with Crippen LogP contribution in [0.2, 0.25) is 0 Å². The molecule has 1 N–H and O–H groups in total. The molecule has 2 aromatic carbocycles. The van der Waals surface area contributed by atoms with Gasteiger partial charge in [-0.05, 0) is 46.8 Å². The summed E-state index contributed by atoms with van der Waals surface area (Å²) in [5.41, 5.74) is 3.57. The zero-order valence-electron chi connectivity index (χ0n) is 18.8. The van der Waals surface area contributed by atoms with Crippen LogP contribution >= 0.6 is 0 Å². The summed E-state index contributed by atoms with van der Waals surface area (Å²) in [5.74, 6) is -0.403. The smallest absolute Gasteiger partial charge is 0.258 e. The van der Waals surface area contributed by atoms with Gasteiger partial charge in [-0.2, -0.15) is 5.10 Å². The Morgan fingerprint density at radius 1 is 1.03 bits per heavy atom. The van der Waals surface area contributed by atoms with Crippen molar-refractivity contribution in [3.05, 3.63) is 71.9 Å². The van der Waals surface area contributed by atoms with Crippen molar-refractivity contribution < 1.29 is 9.59 Å². The van der Waals surface area contributed by atoms with Crippen molar-refractivity contribution in [2.45, 2.75) is 40.2 Å². The molecule has 0 radical (unpaired) electrons. The standard InChI is InChI=1S/C25H30N4O2/c1-6-28(17-22(30)26-25(3,4)5)24(31)21-16-29(20-10-8-7-9-11-20)27-23(21)19-14-12-18(2)13-15-19/h7-16H,6,17H2,1-5H3,(H,26,30). The molecule has 0 aliphatic rings. The van der Waals surface area contributed by atoms with Crippen molar-refractivity contribution >= 4 is 11.8 Å². The molecule has 3 aromatic rings. The number of nitrogens with one attached hydrogen (secondary N) is 1. The van der Waals surface area contributed by atoms with Crippen LogP contribution in [-0.2, 0) is 4.79 Å². The average molecular weight is 419 g/mol. The van der Waals surface area contributed by atoms with E-state index in [-0.39, 0.29) is 23.9 Å². The Balaban J connectivity index is 1.99. The van der Waals surface area contributed by atoms with Gasteiger partial charge < -0.3 is 10.2 Å². The summed E-state index contributed by atoms with van der Waals surface area (Å²) in [6.07, 6.45) is 1.75. The van der Waals surface area contributed by atoms with Crippen molar-refractivity contribution in [3.8, 4) is 16.9 Å².